The van der Waals surface area contributed by atoms with Crippen molar-refractivity contribution in [1.29, 1.82) is 0 Å². The number of pyridine rings is 1. The van der Waals surface area contributed by atoms with Crippen LogP contribution in [0.5, 0.6) is 0 Å². The van der Waals surface area contributed by atoms with Crippen molar-refractivity contribution in [3.8, 4) is 0 Å². The summed E-state index contributed by atoms with van der Waals surface area (Å²) in [5.74, 6) is -0.179. The molecule has 2 rings (SSSR count). The molecule has 8 heteroatoms. The van der Waals surface area contributed by atoms with E-state index >= 15 is 0 Å². The van der Waals surface area contributed by atoms with Gasteiger partial charge in [-0.1, -0.05) is 12.1 Å². The molecule has 2 N–H and O–H groups in total. The maximum absolute atomic E-state index is 12.5. The van der Waals surface area contributed by atoms with Crippen LogP contribution in [-0.2, 0) is 10.0 Å². The van der Waals surface area contributed by atoms with Gasteiger partial charge in [0, 0.05) is 23.9 Å². The van der Waals surface area contributed by atoms with Crippen molar-refractivity contribution < 1.29 is 13.2 Å². The second-order valence-corrected chi connectivity index (χ2v) is 7.58. The molecule has 122 valence electrons. The summed E-state index contributed by atoms with van der Waals surface area (Å²) in [7, 11) is -2.04. The molecule has 0 radical (unpaired) electrons. The van der Waals surface area contributed by atoms with E-state index in [2.05, 4.69) is 20.9 Å². The van der Waals surface area contributed by atoms with Crippen molar-refractivity contribution in [3.63, 3.8) is 0 Å². The van der Waals surface area contributed by atoms with Crippen LogP contribution in [0.2, 0.25) is 0 Å². The van der Waals surface area contributed by atoms with Crippen LogP contribution in [0.15, 0.2) is 52.1 Å². The topological polar surface area (TPSA) is 93.4 Å². The lowest BCUT2D eigenvalue weighted by atomic mass is 10.1. The van der Waals surface area contributed by atoms with Gasteiger partial charge in [0.2, 0.25) is 10.0 Å². The van der Waals surface area contributed by atoms with Gasteiger partial charge in [0.1, 0.15) is 0 Å². The number of aromatic nitrogens is 1. The highest BCUT2D eigenvalue weighted by molar-refractivity contribution is 9.10. The van der Waals surface area contributed by atoms with Crippen LogP contribution in [0.3, 0.4) is 0 Å². The number of nitrogens with two attached hydrogens (primary N) is 1. The van der Waals surface area contributed by atoms with Crippen molar-refractivity contribution in [2.75, 3.05) is 7.05 Å². The summed E-state index contributed by atoms with van der Waals surface area (Å²) in [6.45, 7) is 1.86. The Labute approximate surface area is 143 Å². The molecule has 0 aliphatic rings. The third-order valence-corrected chi connectivity index (χ3v) is 4.91. The molecule has 1 aromatic carbocycles. The molecule has 0 unspecified atom stereocenters. The molecule has 0 spiro atoms. The lowest BCUT2D eigenvalue weighted by Crippen LogP contribution is -2.29. The van der Waals surface area contributed by atoms with Gasteiger partial charge in [0.15, 0.2) is 0 Å². The van der Waals surface area contributed by atoms with Gasteiger partial charge >= 0.3 is 0 Å². The lowest BCUT2D eigenvalue weighted by molar-refractivity contribution is 0.0742. The van der Waals surface area contributed by atoms with Crippen LogP contribution < -0.4 is 5.14 Å². The van der Waals surface area contributed by atoms with Crippen molar-refractivity contribution >= 4 is 31.9 Å². The van der Waals surface area contributed by atoms with Crippen molar-refractivity contribution in [1.82, 2.24) is 9.88 Å². The number of carbonyl (C=O) groups excluding carboxylic acids is 1. The fraction of sp³-hybridized carbons (Fsp3) is 0.200. The summed E-state index contributed by atoms with van der Waals surface area (Å²) in [6, 6.07) is 7.61. The standard InChI is InChI=1S/C15H16BrN3O3S/c1-10(11-3-5-14(6-4-11)23(17,21)22)19(2)15(20)12-7-13(16)9-18-8-12/h3-10H,1-2H3,(H2,17,21,22)/t10-/m1/s1. The van der Waals surface area contributed by atoms with E-state index in [1.54, 1.807) is 36.3 Å². The third-order valence-electron chi connectivity index (χ3n) is 3.54. The molecular formula is C15H16BrN3O3S. The molecule has 1 atom stereocenters. The van der Waals surface area contributed by atoms with Crippen molar-refractivity contribution in [2.45, 2.75) is 17.9 Å². The Bertz CT molecular complexity index is 822. The molecule has 1 amide bonds. The maximum atomic E-state index is 12.5. The third kappa shape index (κ3) is 4.15. The molecule has 0 aliphatic heterocycles. The molecule has 1 aromatic heterocycles. The van der Waals surface area contributed by atoms with Crippen molar-refractivity contribution in [3.05, 3.63) is 58.3 Å². The molecule has 0 fully saturated rings. The predicted octanol–water partition coefficient (Wildman–Crippen LogP) is 2.32. The number of rotatable bonds is 4. The van der Waals surface area contributed by atoms with E-state index < -0.39 is 10.0 Å². The molecule has 0 bridgehead atoms. The minimum absolute atomic E-state index is 0.0404. The minimum Gasteiger partial charge on any atom is -0.335 e. The fourth-order valence-corrected chi connectivity index (χ4v) is 2.95. The SMILES string of the molecule is C[C@H](c1ccc(S(N)(=O)=O)cc1)N(C)C(=O)c1cncc(Br)c1. The van der Waals surface area contributed by atoms with Gasteiger partial charge in [-0.2, -0.15) is 0 Å². The fourth-order valence-electron chi connectivity index (χ4n) is 2.07. The summed E-state index contributed by atoms with van der Waals surface area (Å²) < 4.78 is 23.3. The molecule has 0 saturated carbocycles. The van der Waals surface area contributed by atoms with Crippen LogP contribution in [-0.4, -0.2) is 31.3 Å². The number of hydrogen-bond donors (Lipinski definition) is 1. The van der Waals surface area contributed by atoms with E-state index in [4.69, 9.17) is 5.14 Å². The van der Waals surface area contributed by atoms with Crippen LogP contribution in [0.4, 0.5) is 0 Å². The monoisotopic (exact) mass is 397 g/mol. The van der Waals surface area contributed by atoms with E-state index in [9.17, 15) is 13.2 Å². The van der Waals surface area contributed by atoms with Crippen molar-refractivity contribution in [2.24, 2.45) is 5.14 Å². The van der Waals surface area contributed by atoms with Gasteiger partial charge in [0.05, 0.1) is 16.5 Å². The summed E-state index contributed by atoms with van der Waals surface area (Å²) >= 11 is 3.29. The first-order valence-corrected chi connectivity index (χ1v) is 9.04. The Morgan fingerprint density at radius 3 is 2.39 bits per heavy atom. The number of benzene rings is 1. The highest BCUT2D eigenvalue weighted by atomic mass is 79.9. The Kier molecular flexibility index (Phi) is 5.18. The average Bonchev–Trinajstić information content (AvgIpc) is 2.52. The van der Waals surface area contributed by atoms with Gasteiger partial charge in [0.25, 0.3) is 5.91 Å². The van der Waals surface area contributed by atoms with Gasteiger partial charge in [-0.15, -0.1) is 0 Å². The number of nitrogens with zero attached hydrogens (tertiary/aromatic N) is 2. The molecular weight excluding hydrogens is 382 g/mol. The first-order chi connectivity index (χ1) is 10.7. The summed E-state index contributed by atoms with van der Waals surface area (Å²) in [5.41, 5.74) is 1.27. The Morgan fingerprint density at radius 1 is 1.26 bits per heavy atom. The quantitative estimate of drug-likeness (QED) is 0.856. The van der Waals surface area contributed by atoms with Crippen LogP contribution in [0.1, 0.15) is 28.9 Å². The van der Waals surface area contributed by atoms with E-state index in [-0.39, 0.29) is 16.8 Å². The highest BCUT2D eigenvalue weighted by Crippen LogP contribution is 2.22. The van der Waals surface area contributed by atoms with E-state index in [1.165, 1.54) is 18.3 Å². The lowest BCUT2D eigenvalue weighted by Gasteiger charge is -2.25. The van der Waals surface area contributed by atoms with E-state index in [0.29, 0.717) is 5.56 Å². The van der Waals surface area contributed by atoms with Gasteiger partial charge in [-0.3, -0.25) is 9.78 Å². The highest BCUT2D eigenvalue weighted by Gasteiger charge is 2.20. The van der Waals surface area contributed by atoms with Crippen LogP contribution >= 0.6 is 15.9 Å². The van der Waals surface area contributed by atoms with Gasteiger partial charge < -0.3 is 4.90 Å². The van der Waals surface area contributed by atoms with Crippen LogP contribution in [0.25, 0.3) is 0 Å². The molecule has 6 nitrogen and oxygen atoms in total. The Morgan fingerprint density at radius 2 is 1.87 bits per heavy atom. The van der Waals surface area contributed by atoms with E-state index in [0.717, 1.165) is 10.0 Å². The molecule has 1 heterocycles. The number of carbonyl (C=O) groups is 1. The largest absolute Gasteiger partial charge is 0.335 e. The minimum atomic E-state index is -3.72. The average molecular weight is 398 g/mol. The zero-order valence-electron chi connectivity index (χ0n) is 12.6. The second kappa shape index (κ2) is 6.77. The smallest absolute Gasteiger partial charge is 0.255 e. The molecule has 0 saturated heterocycles. The predicted molar refractivity (Wildman–Crippen MR) is 90.3 cm³/mol. The Balaban J connectivity index is 2.22. The van der Waals surface area contributed by atoms with Crippen LogP contribution in [0, 0.1) is 0 Å². The summed E-state index contributed by atoms with van der Waals surface area (Å²) in [6.07, 6.45) is 3.10. The summed E-state index contributed by atoms with van der Waals surface area (Å²) in [4.78, 5) is 18.1. The first kappa shape index (κ1) is 17.6. The number of primary sulfonamides is 1. The first-order valence-electron chi connectivity index (χ1n) is 6.70. The zero-order valence-corrected chi connectivity index (χ0v) is 15.0. The molecule has 2 aromatic rings. The zero-order chi connectivity index (χ0) is 17.2. The number of hydrogen-bond acceptors (Lipinski definition) is 4. The molecule has 23 heavy (non-hydrogen) atoms. The van der Waals surface area contributed by atoms with Gasteiger partial charge in [-0.25, -0.2) is 13.6 Å². The second-order valence-electron chi connectivity index (χ2n) is 5.10. The normalized spacial score (nSPS) is 12.7. The maximum Gasteiger partial charge on any atom is 0.255 e. The summed E-state index contributed by atoms with van der Waals surface area (Å²) in [5, 5.41) is 5.08. The Hall–Kier alpha value is -1.77. The number of amides is 1. The number of halogens is 1. The molecule has 0 aliphatic carbocycles. The van der Waals surface area contributed by atoms with E-state index in [1.807, 2.05) is 6.92 Å². The van der Waals surface area contributed by atoms with Gasteiger partial charge in [-0.05, 0) is 46.6 Å². The number of sulfonamides is 1.